The van der Waals surface area contributed by atoms with Crippen LogP contribution in [0.1, 0.15) is 45.6 Å². The van der Waals surface area contributed by atoms with Gasteiger partial charge in [0, 0.05) is 30.2 Å². The Morgan fingerprint density at radius 1 is 1.33 bits per heavy atom. The minimum absolute atomic E-state index is 0.223. The molecule has 0 saturated carbocycles. The molecule has 0 spiro atoms. The number of nitrogens with zero attached hydrogens (tertiary/aromatic N) is 1. The summed E-state index contributed by atoms with van der Waals surface area (Å²) in [6.45, 7) is 8.13. The van der Waals surface area contributed by atoms with Gasteiger partial charge < -0.3 is 10.6 Å². The molecule has 21 heavy (non-hydrogen) atoms. The van der Waals surface area contributed by atoms with Crippen LogP contribution in [0.2, 0.25) is 5.02 Å². The number of nitrogens with two attached hydrogens (primary N) is 1. The molecule has 0 bridgehead atoms. The third-order valence-electron chi connectivity index (χ3n) is 4.50. The predicted molar refractivity (Wildman–Crippen MR) is 88.1 cm³/mol. The Morgan fingerprint density at radius 3 is 2.71 bits per heavy atom. The first-order valence-electron chi connectivity index (χ1n) is 7.59. The predicted octanol–water partition coefficient (Wildman–Crippen LogP) is 4.10. The van der Waals surface area contributed by atoms with E-state index >= 15 is 0 Å². The molecule has 3 nitrogen and oxygen atoms in total. The molecule has 1 aromatic rings. The lowest BCUT2D eigenvalue weighted by atomic mass is 9.77. The van der Waals surface area contributed by atoms with Gasteiger partial charge in [-0.05, 0) is 47.9 Å². The molecule has 1 heterocycles. The lowest BCUT2D eigenvalue weighted by Crippen LogP contribution is -2.30. The van der Waals surface area contributed by atoms with Crippen LogP contribution in [0.3, 0.4) is 0 Å². The van der Waals surface area contributed by atoms with Crippen molar-refractivity contribution in [2.45, 2.75) is 46.6 Å². The fourth-order valence-corrected chi connectivity index (χ4v) is 3.18. The second-order valence-electron chi connectivity index (χ2n) is 7.05. The fourth-order valence-electron chi connectivity index (χ4n) is 2.99. The summed E-state index contributed by atoms with van der Waals surface area (Å²) in [5.74, 6) is 0.810. The second-order valence-corrected chi connectivity index (χ2v) is 7.49. The van der Waals surface area contributed by atoms with Crippen molar-refractivity contribution in [1.82, 2.24) is 4.90 Å². The molecule has 0 aromatic heterocycles. The van der Waals surface area contributed by atoms with Gasteiger partial charge in [0.1, 0.15) is 0 Å². The first-order valence-corrected chi connectivity index (χ1v) is 7.97. The number of hydrogen-bond donors (Lipinski definition) is 1. The highest BCUT2D eigenvalue weighted by atomic mass is 35.5. The SMILES string of the molecule is CC(C)(C)C1CCC(=O)N(Cc2cc(Cl)ccc2N)CC1. The summed E-state index contributed by atoms with van der Waals surface area (Å²) in [6.07, 6.45) is 2.65. The van der Waals surface area contributed by atoms with Gasteiger partial charge >= 0.3 is 0 Å². The molecule has 1 aliphatic heterocycles. The van der Waals surface area contributed by atoms with E-state index in [1.165, 1.54) is 0 Å². The highest BCUT2D eigenvalue weighted by molar-refractivity contribution is 6.30. The molecule has 1 aliphatic rings. The quantitative estimate of drug-likeness (QED) is 0.836. The van der Waals surface area contributed by atoms with Gasteiger partial charge in [-0.15, -0.1) is 0 Å². The van der Waals surface area contributed by atoms with Crippen LogP contribution in [0.5, 0.6) is 0 Å². The minimum Gasteiger partial charge on any atom is -0.398 e. The van der Waals surface area contributed by atoms with E-state index in [9.17, 15) is 4.79 Å². The maximum absolute atomic E-state index is 12.3. The molecule has 4 heteroatoms. The number of benzene rings is 1. The van der Waals surface area contributed by atoms with Crippen molar-refractivity contribution in [3.63, 3.8) is 0 Å². The first kappa shape index (κ1) is 16.2. The first-order chi connectivity index (χ1) is 9.77. The van der Waals surface area contributed by atoms with Crippen LogP contribution in [-0.4, -0.2) is 17.4 Å². The van der Waals surface area contributed by atoms with Crippen molar-refractivity contribution in [1.29, 1.82) is 0 Å². The maximum atomic E-state index is 12.3. The molecule has 1 saturated heterocycles. The van der Waals surface area contributed by atoms with Crippen molar-refractivity contribution in [2.75, 3.05) is 12.3 Å². The minimum atomic E-state index is 0.223. The Kier molecular flexibility index (Phi) is 4.82. The topological polar surface area (TPSA) is 46.3 Å². The monoisotopic (exact) mass is 308 g/mol. The summed E-state index contributed by atoms with van der Waals surface area (Å²) in [4.78, 5) is 14.3. The lowest BCUT2D eigenvalue weighted by Gasteiger charge is -2.29. The number of halogens is 1. The van der Waals surface area contributed by atoms with E-state index in [4.69, 9.17) is 17.3 Å². The van der Waals surface area contributed by atoms with Crippen LogP contribution < -0.4 is 5.73 Å². The number of nitrogen functional groups attached to an aromatic ring is 1. The number of rotatable bonds is 2. The number of likely N-dealkylation sites (tertiary alicyclic amines) is 1. The van der Waals surface area contributed by atoms with E-state index in [1.807, 2.05) is 11.0 Å². The average Bonchev–Trinajstić information content (AvgIpc) is 2.56. The average molecular weight is 309 g/mol. The smallest absolute Gasteiger partial charge is 0.222 e. The van der Waals surface area contributed by atoms with Gasteiger partial charge in [0.2, 0.25) is 5.91 Å². The van der Waals surface area contributed by atoms with Gasteiger partial charge in [0.25, 0.3) is 0 Å². The lowest BCUT2D eigenvalue weighted by molar-refractivity contribution is -0.131. The van der Waals surface area contributed by atoms with E-state index in [1.54, 1.807) is 12.1 Å². The highest BCUT2D eigenvalue weighted by Gasteiger charge is 2.30. The number of anilines is 1. The van der Waals surface area contributed by atoms with Crippen LogP contribution in [0.25, 0.3) is 0 Å². The Bertz CT molecular complexity index is 522. The molecule has 1 unspecified atom stereocenters. The second kappa shape index (κ2) is 6.27. The Hall–Kier alpha value is -1.22. The van der Waals surface area contributed by atoms with E-state index in [0.29, 0.717) is 29.6 Å². The Morgan fingerprint density at radius 2 is 2.05 bits per heavy atom. The third kappa shape index (κ3) is 4.13. The summed E-state index contributed by atoms with van der Waals surface area (Å²) >= 11 is 6.03. The van der Waals surface area contributed by atoms with Crippen LogP contribution in [0.15, 0.2) is 18.2 Å². The van der Waals surface area contributed by atoms with E-state index < -0.39 is 0 Å². The number of carbonyl (C=O) groups is 1. The number of hydrogen-bond acceptors (Lipinski definition) is 2. The Balaban J connectivity index is 2.10. The van der Waals surface area contributed by atoms with Gasteiger partial charge in [0.15, 0.2) is 0 Å². The van der Waals surface area contributed by atoms with Gasteiger partial charge in [-0.1, -0.05) is 32.4 Å². The summed E-state index contributed by atoms with van der Waals surface area (Å²) in [7, 11) is 0. The van der Waals surface area contributed by atoms with Crippen molar-refractivity contribution in [2.24, 2.45) is 11.3 Å². The summed E-state index contributed by atoms with van der Waals surface area (Å²) in [5.41, 5.74) is 7.88. The summed E-state index contributed by atoms with van der Waals surface area (Å²) < 4.78 is 0. The van der Waals surface area contributed by atoms with Gasteiger partial charge in [-0.2, -0.15) is 0 Å². The normalized spacial score (nSPS) is 20.5. The molecule has 1 amide bonds. The highest BCUT2D eigenvalue weighted by Crippen LogP contribution is 2.35. The van der Waals surface area contributed by atoms with E-state index in [0.717, 1.165) is 24.9 Å². The fraction of sp³-hybridized carbons (Fsp3) is 0.588. The van der Waals surface area contributed by atoms with E-state index in [-0.39, 0.29) is 11.3 Å². The van der Waals surface area contributed by atoms with Crippen molar-refractivity contribution >= 4 is 23.2 Å². The van der Waals surface area contributed by atoms with E-state index in [2.05, 4.69) is 20.8 Å². The van der Waals surface area contributed by atoms with Gasteiger partial charge in [0.05, 0.1) is 0 Å². The van der Waals surface area contributed by atoms with Crippen LogP contribution in [0.4, 0.5) is 5.69 Å². The summed E-state index contributed by atoms with van der Waals surface area (Å²) in [6, 6.07) is 5.44. The molecule has 2 N–H and O–H groups in total. The van der Waals surface area contributed by atoms with Crippen molar-refractivity contribution < 1.29 is 4.79 Å². The Labute approximate surface area is 132 Å². The number of carbonyl (C=O) groups excluding carboxylic acids is 1. The molecule has 0 aliphatic carbocycles. The molecule has 1 aromatic carbocycles. The molecule has 2 rings (SSSR count). The molecule has 116 valence electrons. The standard InChI is InChI=1S/C17H25ClN2O/c1-17(2,3)13-4-7-16(21)20(9-8-13)11-12-10-14(18)5-6-15(12)19/h5-6,10,13H,4,7-9,11,19H2,1-3H3. The molecular formula is C17H25ClN2O. The van der Waals surface area contributed by atoms with Gasteiger partial charge in [-0.3, -0.25) is 4.79 Å². The van der Waals surface area contributed by atoms with Crippen molar-refractivity contribution in [3.8, 4) is 0 Å². The largest absolute Gasteiger partial charge is 0.398 e. The third-order valence-corrected chi connectivity index (χ3v) is 4.73. The molecule has 0 radical (unpaired) electrons. The van der Waals surface area contributed by atoms with Crippen LogP contribution in [0, 0.1) is 11.3 Å². The summed E-state index contributed by atoms with van der Waals surface area (Å²) in [5, 5.41) is 0.661. The number of amides is 1. The zero-order valence-electron chi connectivity index (χ0n) is 13.2. The molecule has 1 fully saturated rings. The molecular weight excluding hydrogens is 284 g/mol. The van der Waals surface area contributed by atoms with Crippen LogP contribution >= 0.6 is 11.6 Å². The zero-order chi connectivity index (χ0) is 15.6. The van der Waals surface area contributed by atoms with Crippen molar-refractivity contribution in [3.05, 3.63) is 28.8 Å². The van der Waals surface area contributed by atoms with Crippen LogP contribution in [-0.2, 0) is 11.3 Å². The maximum Gasteiger partial charge on any atom is 0.222 e. The zero-order valence-corrected chi connectivity index (χ0v) is 13.9. The van der Waals surface area contributed by atoms with Gasteiger partial charge in [-0.25, -0.2) is 0 Å². The molecule has 1 atom stereocenters.